The lowest BCUT2D eigenvalue weighted by atomic mass is 10.0. The maximum Gasteiger partial charge on any atom is 0.319 e. The van der Waals surface area contributed by atoms with Gasteiger partial charge in [0.15, 0.2) is 5.82 Å². The highest BCUT2D eigenvalue weighted by molar-refractivity contribution is 5.89. The van der Waals surface area contributed by atoms with Gasteiger partial charge in [-0.2, -0.15) is 0 Å². The number of carbonyl (C=O) groups is 1. The molecule has 1 aromatic heterocycles. The standard InChI is InChI=1S/C22H28F2N6O2/c1-4-25-22(31)27-18-10-16(23)15(9-17(18)24)20-26-19-11-29(3)6-5-14(19)21(28-20)30-7-8-32-12-13(30)2/h9-10,13H,4-8,11-12H2,1-3H3,(H2,25,27,31). The minimum Gasteiger partial charge on any atom is -0.377 e. The molecular weight excluding hydrogens is 418 g/mol. The molecule has 0 saturated carbocycles. The lowest BCUT2D eigenvalue weighted by Gasteiger charge is -2.37. The van der Waals surface area contributed by atoms with Crippen molar-refractivity contribution in [2.75, 3.05) is 50.1 Å². The van der Waals surface area contributed by atoms with Gasteiger partial charge in [0.1, 0.15) is 17.5 Å². The number of rotatable bonds is 4. The maximum absolute atomic E-state index is 15.0. The summed E-state index contributed by atoms with van der Waals surface area (Å²) in [5, 5.41) is 4.81. The molecule has 0 radical (unpaired) electrons. The number of nitrogens with one attached hydrogen (secondary N) is 2. The number of halogens is 2. The number of urea groups is 1. The summed E-state index contributed by atoms with van der Waals surface area (Å²) < 4.78 is 35.3. The van der Waals surface area contributed by atoms with Crippen molar-refractivity contribution in [2.45, 2.75) is 32.9 Å². The first-order valence-corrected chi connectivity index (χ1v) is 10.8. The topological polar surface area (TPSA) is 82.6 Å². The molecule has 1 atom stereocenters. The Bertz CT molecular complexity index is 1020. The van der Waals surface area contributed by atoms with Crippen molar-refractivity contribution in [1.82, 2.24) is 20.2 Å². The van der Waals surface area contributed by atoms with Crippen LogP contribution in [0.5, 0.6) is 0 Å². The molecule has 2 N–H and O–H groups in total. The lowest BCUT2D eigenvalue weighted by Crippen LogP contribution is -2.45. The fourth-order valence-electron chi connectivity index (χ4n) is 4.08. The molecule has 1 aromatic carbocycles. The number of benzene rings is 1. The molecule has 32 heavy (non-hydrogen) atoms. The molecule has 2 aromatic rings. The van der Waals surface area contributed by atoms with E-state index in [4.69, 9.17) is 9.72 Å². The number of nitrogens with zero attached hydrogens (tertiary/aromatic N) is 4. The SMILES string of the molecule is CCNC(=O)Nc1cc(F)c(-c2nc3c(c(N4CCOCC4C)n2)CCN(C)C3)cc1F. The average Bonchev–Trinajstić information content (AvgIpc) is 2.75. The summed E-state index contributed by atoms with van der Waals surface area (Å²) >= 11 is 0. The van der Waals surface area contributed by atoms with Crippen LogP contribution < -0.4 is 15.5 Å². The fourth-order valence-corrected chi connectivity index (χ4v) is 4.08. The second kappa shape index (κ2) is 9.33. The van der Waals surface area contributed by atoms with Crippen LogP contribution in [0.4, 0.5) is 25.1 Å². The number of fused-ring (bicyclic) bond motifs is 1. The van der Waals surface area contributed by atoms with E-state index in [9.17, 15) is 9.18 Å². The largest absolute Gasteiger partial charge is 0.377 e. The zero-order chi connectivity index (χ0) is 22.8. The minimum absolute atomic E-state index is 0.0397. The van der Waals surface area contributed by atoms with Crippen molar-refractivity contribution >= 4 is 17.5 Å². The van der Waals surface area contributed by atoms with Crippen molar-refractivity contribution in [3.8, 4) is 11.4 Å². The number of anilines is 2. The summed E-state index contributed by atoms with van der Waals surface area (Å²) in [6.07, 6.45) is 0.789. The number of morpholine rings is 1. The van der Waals surface area contributed by atoms with E-state index in [-0.39, 0.29) is 23.1 Å². The summed E-state index contributed by atoms with van der Waals surface area (Å²) in [5.41, 5.74) is 1.59. The molecular formula is C22H28F2N6O2. The van der Waals surface area contributed by atoms with E-state index in [0.29, 0.717) is 32.8 Å². The molecule has 0 bridgehead atoms. The van der Waals surface area contributed by atoms with Crippen LogP contribution in [0.2, 0.25) is 0 Å². The Morgan fingerprint density at radius 1 is 1.25 bits per heavy atom. The molecule has 0 spiro atoms. The predicted octanol–water partition coefficient (Wildman–Crippen LogP) is 2.78. The fraction of sp³-hybridized carbons (Fsp3) is 0.500. The van der Waals surface area contributed by atoms with Crippen molar-refractivity contribution < 1.29 is 18.3 Å². The Kier molecular flexibility index (Phi) is 6.52. The highest BCUT2D eigenvalue weighted by atomic mass is 19.1. The molecule has 1 saturated heterocycles. The van der Waals surface area contributed by atoms with Gasteiger partial charge in [0.25, 0.3) is 0 Å². The van der Waals surface area contributed by atoms with Gasteiger partial charge in [-0.25, -0.2) is 23.5 Å². The maximum atomic E-state index is 15.0. The molecule has 8 nitrogen and oxygen atoms in total. The summed E-state index contributed by atoms with van der Waals surface area (Å²) in [6, 6.07) is 1.51. The number of hydrogen-bond donors (Lipinski definition) is 2. The number of ether oxygens (including phenoxy) is 1. The van der Waals surface area contributed by atoms with E-state index in [1.807, 2.05) is 7.05 Å². The first-order chi connectivity index (χ1) is 15.4. The zero-order valence-corrected chi connectivity index (χ0v) is 18.5. The molecule has 4 rings (SSSR count). The van der Waals surface area contributed by atoms with Crippen LogP contribution in [0.15, 0.2) is 12.1 Å². The Morgan fingerprint density at radius 2 is 2.06 bits per heavy atom. The van der Waals surface area contributed by atoms with E-state index >= 15 is 4.39 Å². The summed E-state index contributed by atoms with van der Waals surface area (Å²) in [4.78, 5) is 25.4. The van der Waals surface area contributed by atoms with E-state index in [0.717, 1.165) is 42.2 Å². The van der Waals surface area contributed by atoms with Crippen LogP contribution in [-0.2, 0) is 17.7 Å². The first kappa shape index (κ1) is 22.3. The lowest BCUT2D eigenvalue weighted by molar-refractivity contribution is 0.0983. The van der Waals surface area contributed by atoms with Crippen molar-refractivity contribution in [2.24, 2.45) is 0 Å². The molecule has 2 aliphatic heterocycles. The Labute approximate surface area is 186 Å². The third kappa shape index (κ3) is 4.51. The van der Waals surface area contributed by atoms with Gasteiger partial charge in [0, 0.05) is 37.8 Å². The highest BCUT2D eigenvalue weighted by Gasteiger charge is 2.29. The van der Waals surface area contributed by atoms with Crippen LogP contribution in [0.1, 0.15) is 25.1 Å². The van der Waals surface area contributed by atoms with Crippen molar-refractivity contribution in [1.29, 1.82) is 0 Å². The van der Waals surface area contributed by atoms with Crippen LogP contribution in [0.25, 0.3) is 11.4 Å². The van der Waals surface area contributed by atoms with Crippen LogP contribution in [-0.4, -0.2) is 66.8 Å². The van der Waals surface area contributed by atoms with Crippen LogP contribution in [0, 0.1) is 11.6 Å². The molecule has 0 aliphatic carbocycles. The van der Waals surface area contributed by atoms with Gasteiger partial charge in [0.2, 0.25) is 0 Å². The quantitative estimate of drug-likeness (QED) is 0.752. The summed E-state index contributed by atoms with van der Waals surface area (Å²) in [7, 11) is 2.00. The van der Waals surface area contributed by atoms with E-state index in [2.05, 4.69) is 32.3 Å². The second-order valence-electron chi connectivity index (χ2n) is 8.20. The summed E-state index contributed by atoms with van der Waals surface area (Å²) in [5.74, 6) is -0.567. The number of likely N-dealkylation sites (N-methyl/N-ethyl adjacent to an activating group) is 1. The minimum atomic E-state index is -0.757. The third-order valence-corrected chi connectivity index (χ3v) is 5.76. The highest BCUT2D eigenvalue weighted by Crippen LogP contribution is 2.33. The van der Waals surface area contributed by atoms with Gasteiger partial charge in [-0.3, -0.25) is 0 Å². The summed E-state index contributed by atoms with van der Waals surface area (Å²) in [6.45, 7) is 7.49. The first-order valence-electron chi connectivity index (χ1n) is 10.8. The van der Waals surface area contributed by atoms with E-state index in [1.54, 1.807) is 6.92 Å². The molecule has 10 heteroatoms. The molecule has 3 heterocycles. The Hall–Kier alpha value is -2.85. The second-order valence-corrected chi connectivity index (χ2v) is 8.20. The van der Waals surface area contributed by atoms with Gasteiger partial charge in [-0.1, -0.05) is 0 Å². The van der Waals surface area contributed by atoms with Gasteiger partial charge in [-0.15, -0.1) is 0 Å². The average molecular weight is 447 g/mol. The van der Waals surface area contributed by atoms with E-state index < -0.39 is 17.7 Å². The predicted molar refractivity (Wildman–Crippen MR) is 118 cm³/mol. The van der Waals surface area contributed by atoms with Crippen molar-refractivity contribution in [3.63, 3.8) is 0 Å². The molecule has 2 aliphatic rings. The van der Waals surface area contributed by atoms with Gasteiger partial charge in [-0.05, 0) is 33.4 Å². The number of hydrogen-bond acceptors (Lipinski definition) is 6. The normalized spacial score (nSPS) is 18.9. The van der Waals surface area contributed by atoms with Gasteiger partial charge >= 0.3 is 6.03 Å². The van der Waals surface area contributed by atoms with Gasteiger partial charge < -0.3 is 25.2 Å². The molecule has 172 valence electrons. The molecule has 2 amide bonds. The van der Waals surface area contributed by atoms with Crippen molar-refractivity contribution in [3.05, 3.63) is 35.0 Å². The third-order valence-electron chi connectivity index (χ3n) is 5.76. The van der Waals surface area contributed by atoms with Crippen LogP contribution in [0.3, 0.4) is 0 Å². The monoisotopic (exact) mass is 446 g/mol. The number of amides is 2. The number of carbonyl (C=O) groups excluding carboxylic acids is 1. The van der Waals surface area contributed by atoms with Crippen LogP contribution >= 0.6 is 0 Å². The molecule has 1 unspecified atom stereocenters. The zero-order valence-electron chi connectivity index (χ0n) is 18.5. The van der Waals surface area contributed by atoms with E-state index in [1.165, 1.54) is 0 Å². The Balaban J connectivity index is 1.76. The Morgan fingerprint density at radius 3 is 2.81 bits per heavy atom. The molecule has 1 fully saturated rings. The number of aromatic nitrogens is 2. The smallest absolute Gasteiger partial charge is 0.319 e. The van der Waals surface area contributed by atoms with Gasteiger partial charge in [0.05, 0.1) is 36.2 Å².